The molecule has 0 saturated heterocycles. The third-order valence-electron chi connectivity index (χ3n) is 4.41. The summed E-state index contributed by atoms with van der Waals surface area (Å²) in [5, 5.41) is 0. The van der Waals surface area contributed by atoms with Crippen LogP contribution >= 0.6 is 7.82 Å². The lowest BCUT2D eigenvalue weighted by Crippen LogP contribution is -2.12. The van der Waals surface area contributed by atoms with Crippen molar-refractivity contribution in [2.45, 2.75) is 97.8 Å². The molecule has 0 aromatic carbocycles. The average Bonchev–Trinajstić information content (AvgIpc) is 2.69. The van der Waals surface area contributed by atoms with Gasteiger partial charge in [-0.15, -0.1) is 0 Å². The van der Waals surface area contributed by atoms with Gasteiger partial charge in [0.15, 0.2) is 0 Å². The van der Waals surface area contributed by atoms with Crippen molar-refractivity contribution in [2.24, 2.45) is 0 Å². The summed E-state index contributed by atoms with van der Waals surface area (Å²) in [5.41, 5.74) is 0.312. The molecule has 0 rings (SSSR count). The highest BCUT2D eigenvalue weighted by Crippen LogP contribution is 2.49. The first-order valence-corrected chi connectivity index (χ1v) is 12.8. The molecule has 29 heavy (non-hydrogen) atoms. The Kier molecular flexibility index (Phi) is 18.8. The zero-order valence-electron chi connectivity index (χ0n) is 18.9. The third-order valence-corrected chi connectivity index (χ3v) is 5.91. The summed E-state index contributed by atoms with van der Waals surface area (Å²) in [6.07, 6.45) is 13.4. The van der Waals surface area contributed by atoms with Crippen LogP contribution in [0.1, 0.15) is 97.8 Å². The largest absolute Gasteiger partial charge is 0.474 e. The molecular formula is C22H43O6P. The van der Waals surface area contributed by atoms with Crippen LogP contribution < -0.4 is 0 Å². The molecule has 0 N–H and O–H groups in total. The zero-order valence-corrected chi connectivity index (χ0v) is 19.8. The Hall–Kier alpha value is -0.680. The summed E-state index contributed by atoms with van der Waals surface area (Å²) in [5.74, 6) is -0.496. The van der Waals surface area contributed by atoms with E-state index in [2.05, 4.69) is 20.4 Å². The van der Waals surface area contributed by atoms with E-state index in [0.29, 0.717) is 18.8 Å². The van der Waals surface area contributed by atoms with Gasteiger partial charge in [0.2, 0.25) is 0 Å². The Morgan fingerprint density at radius 2 is 1.10 bits per heavy atom. The van der Waals surface area contributed by atoms with Crippen LogP contribution in [0.25, 0.3) is 0 Å². The molecule has 0 bridgehead atoms. The summed E-state index contributed by atoms with van der Waals surface area (Å²) < 4.78 is 34.1. The zero-order chi connectivity index (χ0) is 21.8. The molecule has 0 aromatic rings. The van der Waals surface area contributed by atoms with Gasteiger partial charge in [-0.2, -0.15) is 0 Å². The topological polar surface area (TPSA) is 71.1 Å². The van der Waals surface area contributed by atoms with Crippen molar-refractivity contribution in [2.75, 3.05) is 26.4 Å². The van der Waals surface area contributed by atoms with Crippen molar-refractivity contribution >= 4 is 13.8 Å². The second-order valence-corrected chi connectivity index (χ2v) is 9.07. The lowest BCUT2D eigenvalue weighted by atomic mass is 10.1. The minimum atomic E-state index is -3.64. The van der Waals surface area contributed by atoms with Gasteiger partial charge in [0.1, 0.15) is 6.61 Å². The summed E-state index contributed by atoms with van der Waals surface area (Å²) in [6, 6.07) is 0. The van der Waals surface area contributed by atoms with Gasteiger partial charge < -0.3 is 4.74 Å². The molecule has 0 heterocycles. The second-order valence-electron chi connectivity index (χ2n) is 7.40. The molecule has 0 fully saturated rings. The lowest BCUT2D eigenvalue weighted by molar-refractivity contribution is -0.139. The molecule has 0 atom stereocenters. The number of phosphoric ester groups is 1. The Labute approximate surface area is 178 Å². The Morgan fingerprint density at radius 3 is 1.55 bits per heavy atom. The van der Waals surface area contributed by atoms with Gasteiger partial charge in [-0.25, -0.2) is 9.36 Å². The molecular weight excluding hydrogens is 391 g/mol. The number of rotatable bonds is 21. The Balaban J connectivity index is 4.21. The highest BCUT2D eigenvalue weighted by atomic mass is 31.2. The van der Waals surface area contributed by atoms with Gasteiger partial charge in [-0.05, 0) is 19.8 Å². The van der Waals surface area contributed by atoms with Crippen LogP contribution in [0.15, 0.2) is 12.2 Å². The first kappa shape index (κ1) is 28.3. The van der Waals surface area contributed by atoms with Crippen LogP contribution in [0, 0.1) is 0 Å². The van der Waals surface area contributed by atoms with Crippen molar-refractivity contribution in [3.05, 3.63) is 12.2 Å². The van der Waals surface area contributed by atoms with E-state index in [1.54, 1.807) is 6.92 Å². The van der Waals surface area contributed by atoms with Gasteiger partial charge >= 0.3 is 13.8 Å². The van der Waals surface area contributed by atoms with Crippen LogP contribution in [-0.4, -0.2) is 32.4 Å². The van der Waals surface area contributed by atoms with Crippen LogP contribution in [0.3, 0.4) is 0 Å². The number of hydrogen-bond acceptors (Lipinski definition) is 6. The van der Waals surface area contributed by atoms with Gasteiger partial charge in [-0.1, -0.05) is 84.6 Å². The fourth-order valence-electron chi connectivity index (χ4n) is 2.64. The SMILES string of the molecule is C=C(C)C(=O)OCCOP(=O)(OCCCCCCCC)OCCCCCCCC. The summed E-state index contributed by atoms with van der Waals surface area (Å²) >= 11 is 0. The first-order chi connectivity index (χ1) is 13.9. The molecule has 0 unspecified atom stereocenters. The van der Waals surface area contributed by atoms with E-state index in [0.717, 1.165) is 38.5 Å². The minimum absolute atomic E-state index is 0.0174. The van der Waals surface area contributed by atoms with Crippen LogP contribution in [0.4, 0.5) is 0 Å². The Morgan fingerprint density at radius 1 is 0.690 bits per heavy atom. The monoisotopic (exact) mass is 434 g/mol. The molecule has 0 aliphatic heterocycles. The highest BCUT2D eigenvalue weighted by Gasteiger charge is 2.26. The normalized spacial score (nSPS) is 11.6. The lowest BCUT2D eigenvalue weighted by Gasteiger charge is -2.18. The predicted octanol–water partition coefficient (Wildman–Crippen LogP) is 6.98. The molecule has 0 aromatic heterocycles. The fraction of sp³-hybridized carbons (Fsp3) is 0.864. The van der Waals surface area contributed by atoms with E-state index in [1.807, 2.05) is 0 Å². The van der Waals surface area contributed by atoms with Crippen molar-refractivity contribution in [3.63, 3.8) is 0 Å². The van der Waals surface area contributed by atoms with Crippen molar-refractivity contribution in [3.8, 4) is 0 Å². The van der Waals surface area contributed by atoms with Crippen LogP contribution in [0.5, 0.6) is 0 Å². The Bertz CT molecular complexity index is 444. The molecule has 0 aliphatic rings. The van der Waals surface area contributed by atoms with Gasteiger partial charge in [0, 0.05) is 5.57 Å². The molecule has 0 spiro atoms. The summed E-state index contributed by atoms with van der Waals surface area (Å²) in [6.45, 7) is 10.1. The van der Waals surface area contributed by atoms with Crippen molar-refractivity contribution in [1.82, 2.24) is 0 Å². The summed E-state index contributed by atoms with van der Waals surface area (Å²) in [4.78, 5) is 11.4. The van der Waals surface area contributed by atoms with Crippen LogP contribution in [0.2, 0.25) is 0 Å². The number of ether oxygens (including phenoxy) is 1. The van der Waals surface area contributed by atoms with E-state index >= 15 is 0 Å². The summed E-state index contributed by atoms with van der Waals surface area (Å²) in [7, 11) is -3.64. The highest BCUT2D eigenvalue weighted by molar-refractivity contribution is 7.48. The maximum absolute atomic E-state index is 12.8. The van der Waals surface area contributed by atoms with Gasteiger partial charge in [0.05, 0.1) is 19.8 Å². The number of carbonyl (C=O) groups is 1. The molecule has 0 saturated carbocycles. The van der Waals surface area contributed by atoms with Gasteiger partial charge in [0.25, 0.3) is 0 Å². The van der Waals surface area contributed by atoms with Gasteiger partial charge in [-0.3, -0.25) is 13.6 Å². The number of hydrogen-bond donors (Lipinski definition) is 0. The number of carbonyl (C=O) groups excluding carboxylic acids is 1. The molecule has 0 radical (unpaired) electrons. The number of esters is 1. The number of unbranched alkanes of at least 4 members (excludes halogenated alkanes) is 10. The maximum atomic E-state index is 12.8. The van der Waals surface area contributed by atoms with E-state index < -0.39 is 13.8 Å². The maximum Gasteiger partial charge on any atom is 0.474 e. The van der Waals surface area contributed by atoms with E-state index in [4.69, 9.17) is 18.3 Å². The molecule has 6 nitrogen and oxygen atoms in total. The quantitative estimate of drug-likeness (QED) is 0.0839. The van der Waals surface area contributed by atoms with E-state index in [-0.39, 0.29) is 13.2 Å². The second kappa shape index (κ2) is 19.3. The molecule has 0 amide bonds. The van der Waals surface area contributed by atoms with E-state index in [9.17, 15) is 9.36 Å². The van der Waals surface area contributed by atoms with Crippen LogP contribution in [-0.2, 0) is 27.7 Å². The first-order valence-electron chi connectivity index (χ1n) is 11.3. The third kappa shape index (κ3) is 17.9. The molecule has 7 heteroatoms. The fourth-order valence-corrected chi connectivity index (χ4v) is 3.86. The minimum Gasteiger partial charge on any atom is -0.460 e. The van der Waals surface area contributed by atoms with E-state index in [1.165, 1.54) is 38.5 Å². The number of phosphoric acid groups is 1. The van der Waals surface area contributed by atoms with Crippen molar-refractivity contribution in [1.29, 1.82) is 0 Å². The smallest absolute Gasteiger partial charge is 0.460 e. The molecule has 172 valence electrons. The molecule has 0 aliphatic carbocycles. The standard InChI is InChI=1S/C22H43O6P/c1-5-7-9-11-13-15-17-26-29(24,27-18-16-14-12-10-8-6-2)28-20-19-25-22(23)21(3)4/h3,5-20H2,1-2,4H3. The average molecular weight is 435 g/mol. The predicted molar refractivity (Wildman–Crippen MR) is 118 cm³/mol. The van der Waals surface area contributed by atoms with Crippen molar-refractivity contribution < 1.29 is 27.7 Å².